The molecule has 0 fully saturated rings. The summed E-state index contributed by atoms with van der Waals surface area (Å²) in [4.78, 5) is 12.0. The van der Waals surface area contributed by atoms with Gasteiger partial charge in [-0.25, -0.2) is 4.39 Å². The van der Waals surface area contributed by atoms with E-state index in [0.717, 1.165) is 6.42 Å². The summed E-state index contributed by atoms with van der Waals surface area (Å²) in [6.45, 7) is 2.66. The fraction of sp³-hybridized carbons (Fsp3) is 0.188. The minimum atomic E-state index is -0.455. The van der Waals surface area contributed by atoms with Gasteiger partial charge in [-0.05, 0) is 42.8 Å². The summed E-state index contributed by atoms with van der Waals surface area (Å²) in [5, 5.41) is 2.53. The number of carbonyl (C=O) groups excluding carboxylic acids is 1. The number of ether oxygens (including phenoxy) is 1. The Morgan fingerprint density at radius 2 is 1.85 bits per heavy atom. The number of nitrogens with one attached hydrogen (secondary N) is 1. The van der Waals surface area contributed by atoms with Crippen LogP contribution in [0.2, 0.25) is 0 Å². The van der Waals surface area contributed by atoms with E-state index in [1.807, 2.05) is 6.92 Å². The molecule has 0 radical (unpaired) electrons. The lowest BCUT2D eigenvalue weighted by Crippen LogP contribution is -2.12. The molecule has 3 nitrogen and oxygen atoms in total. The van der Waals surface area contributed by atoms with Crippen molar-refractivity contribution >= 4 is 11.6 Å². The Hall–Kier alpha value is -2.36. The van der Waals surface area contributed by atoms with Crippen LogP contribution in [0.1, 0.15) is 23.7 Å². The summed E-state index contributed by atoms with van der Waals surface area (Å²) in [6.07, 6.45) is 0.926. The van der Waals surface area contributed by atoms with Crippen LogP contribution in [-0.4, -0.2) is 12.5 Å². The number of hydrogen-bond acceptors (Lipinski definition) is 2. The fourth-order valence-electron chi connectivity index (χ4n) is 1.68. The molecule has 0 bridgehead atoms. The van der Waals surface area contributed by atoms with Gasteiger partial charge in [0.05, 0.1) is 12.3 Å². The average molecular weight is 273 g/mol. The van der Waals surface area contributed by atoms with Gasteiger partial charge in [0.2, 0.25) is 0 Å². The fourth-order valence-corrected chi connectivity index (χ4v) is 1.68. The smallest absolute Gasteiger partial charge is 0.255 e. The van der Waals surface area contributed by atoms with Gasteiger partial charge < -0.3 is 10.1 Å². The predicted octanol–water partition coefficient (Wildman–Crippen LogP) is 3.87. The number of rotatable bonds is 5. The molecule has 2 aromatic rings. The SMILES string of the molecule is CCCOc1ccc(C(=O)Nc2ccccc2F)cc1. The van der Waals surface area contributed by atoms with Crippen LogP contribution >= 0.6 is 0 Å². The molecule has 0 aliphatic heterocycles. The normalized spacial score (nSPS) is 10.1. The standard InChI is InChI=1S/C16H16FNO2/c1-2-11-20-13-9-7-12(8-10-13)16(19)18-15-6-4-3-5-14(15)17/h3-10H,2,11H2,1H3,(H,18,19). The van der Waals surface area contributed by atoms with E-state index >= 15 is 0 Å². The minimum Gasteiger partial charge on any atom is -0.494 e. The van der Waals surface area contributed by atoms with Crippen molar-refractivity contribution in [3.63, 3.8) is 0 Å². The monoisotopic (exact) mass is 273 g/mol. The van der Waals surface area contributed by atoms with Crippen LogP contribution in [0.15, 0.2) is 48.5 Å². The van der Waals surface area contributed by atoms with E-state index in [4.69, 9.17) is 4.74 Å². The van der Waals surface area contributed by atoms with Crippen molar-refractivity contribution in [1.82, 2.24) is 0 Å². The molecule has 0 unspecified atom stereocenters. The van der Waals surface area contributed by atoms with Crippen LogP contribution in [0.25, 0.3) is 0 Å². The van der Waals surface area contributed by atoms with E-state index in [0.29, 0.717) is 17.9 Å². The van der Waals surface area contributed by atoms with Crippen LogP contribution < -0.4 is 10.1 Å². The van der Waals surface area contributed by atoms with Crippen molar-refractivity contribution in [2.24, 2.45) is 0 Å². The topological polar surface area (TPSA) is 38.3 Å². The van der Waals surface area contributed by atoms with E-state index in [1.54, 1.807) is 36.4 Å². The molecular weight excluding hydrogens is 257 g/mol. The van der Waals surface area contributed by atoms with Crippen LogP contribution in [0.3, 0.4) is 0 Å². The number of benzene rings is 2. The first-order chi connectivity index (χ1) is 9.70. The van der Waals surface area contributed by atoms with Gasteiger partial charge in [0.15, 0.2) is 0 Å². The summed E-state index contributed by atoms with van der Waals surface area (Å²) >= 11 is 0. The molecule has 4 heteroatoms. The Bertz CT molecular complexity index is 581. The maximum atomic E-state index is 13.4. The lowest BCUT2D eigenvalue weighted by molar-refractivity contribution is 0.102. The molecule has 0 saturated heterocycles. The number of amides is 1. The molecule has 104 valence electrons. The molecule has 1 N–H and O–H groups in total. The average Bonchev–Trinajstić information content (AvgIpc) is 2.48. The maximum Gasteiger partial charge on any atom is 0.255 e. The lowest BCUT2D eigenvalue weighted by atomic mass is 10.2. The third-order valence-electron chi connectivity index (χ3n) is 2.71. The molecule has 0 aromatic heterocycles. The summed E-state index contributed by atoms with van der Waals surface area (Å²) in [5.74, 6) is -0.0878. The van der Waals surface area contributed by atoms with Crippen LogP contribution in [0.4, 0.5) is 10.1 Å². The van der Waals surface area contributed by atoms with Crippen molar-refractivity contribution in [3.8, 4) is 5.75 Å². The van der Waals surface area contributed by atoms with E-state index in [-0.39, 0.29) is 11.6 Å². The Morgan fingerprint density at radius 3 is 2.50 bits per heavy atom. The molecule has 0 spiro atoms. The summed E-state index contributed by atoms with van der Waals surface area (Å²) in [7, 11) is 0. The summed E-state index contributed by atoms with van der Waals surface area (Å²) < 4.78 is 18.9. The molecule has 0 heterocycles. The van der Waals surface area contributed by atoms with Gasteiger partial charge in [0, 0.05) is 5.56 Å². The zero-order chi connectivity index (χ0) is 14.4. The number of hydrogen-bond donors (Lipinski definition) is 1. The number of halogens is 1. The molecular formula is C16H16FNO2. The number of anilines is 1. The molecule has 0 atom stereocenters. The number of para-hydroxylation sites is 1. The molecule has 0 aliphatic rings. The van der Waals surface area contributed by atoms with Gasteiger partial charge in [0.1, 0.15) is 11.6 Å². The van der Waals surface area contributed by atoms with Crippen LogP contribution in [-0.2, 0) is 0 Å². The Labute approximate surface area is 117 Å². The second kappa shape index (κ2) is 6.70. The highest BCUT2D eigenvalue weighted by atomic mass is 19.1. The number of carbonyl (C=O) groups is 1. The first kappa shape index (κ1) is 14.1. The Morgan fingerprint density at radius 1 is 1.15 bits per heavy atom. The maximum absolute atomic E-state index is 13.4. The molecule has 1 amide bonds. The van der Waals surface area contributed by atoms with E-state index in [1.165, 1.54) is 12.1 Å². The summed E-state index contributed by atoms with van der Waals surface area (Å²) in [5.41, 5.74) is 0.626. The lowest BCUT2D eigenvalue weighted by Gasteiger charge is -2.07. The zero-order valence-electron chi connectivity index (χ0n) is 11.2. The molecule has 0 saturated carbocycles. The largest absolute Gasteiger partial charge is 0.494 e. The van der Waals surface area contributed by atoms with Gasteiger partial charge >= 0.3 is 0 Å². The quantitative estimate of drug-likeness (QED) is 0.898. The van der Waals surface area contributed by atoms with Crippen molar-refractivity contribution < 1.29 is 13.9 Å². The second-order valence-electron chi connectivity index (χ2n) is 4.31. The third kappa shape index (κ3) is 3.57. The van der Waals surface area contributed by atoms with E-state index in [9.17, 15) is 9.18 Å². The van der Waals surface area contributed by atoms with Gasteiger partial charge in [0.25, 0.3) is 5.91 Å². The second-order valence-corrected chi connectivity index (χ2v) is 4.31. The Balaban J connectivity index is 2.04. The Kier molecular flexibility index (Phi) is 4.71. The van der Waals surface area contributed by atoms with Crippen molar-refractivity contribution in [1.29, 1.82) is 0 Å². The molecule has 2 rings (SSSR count). The van der Waals surface area contributed by atoms with Crippen molar-refractivity contribution in [2.45, 2.75) is 13.3 Å². The van der Waals surface area contributed by atoms with E-state index in [2.05, 4.69) is 5.32 Å². The third-order valence-corrected chi connectivity index (χ3v) is 2.71. The minimum absolute atomic E-state index is 0.170. The molecule has 20 heavy (non-hydrogen) atoms. The van der Waals surface area contributed by atoms with Crippen LogP contribution in [0, 0.1) is 5.82 Å². The highest BCUT2D eigenvalue weighted by Crippen LogP contribution is 2.16. The highest BCUT2D eigenvalue weighted by Gasteiger charge is 2.08. The van der Waals surface area contributed by atoms with Gasteiger partial charge in [-0.15, -0.1) is 0 Å². The van der Waals surface area contributed by atoms with Crippen molar-refractivity contribution in [2.75, 3.05) is 11.9 Å². The van der Waals surface area contributed by atoms with Crippen molar-refractivity contribution in [3.05, 3.63) is 59.9 Å². The van der Waals surface area contributed by atoms with E-state index < -0.39 is 5.82 Å². The van der Waals surface area contributed by atoms with Crippen LogP contribution in [0.5, 0.6) is 5.75 Å². The zero-order valence-corrected chi connectivity index (χ0v) is 11.2. The van der Waals surface area contributed by atoms with Gasteiger partial charge in [-0.1, -0.05) is 19.1 Å². The van der Waals surface area contributed by atoms with Gasteiger partial charge in [-0.2, -0.15) is 0 Å². The first-order valence-corrected chi connectivity index (χ1v) is 6.49. The summed E-state index contributed by atoms with van der Waals surface area (Å²) in [6, 6.07) is 12.8. The van der Waals surface area contributed by atoms with Gasteiger partial charge in [-0.3, -0.25) is 4.79 Å². The highest BCUT2D eigenvalue weighted by molar-refractivity contribution is 6.04. The predicted molar refractivity (Wildman–Crippen MR) is 76.6 cm³/mol. The first-order valence-electron chi connectivity index (χ1n) is 6.49. The molecule has 2 aromatic carbocycles. The molecule has 0 aliphatic carbocycles.